The summed E-state index contributed by atoms with van der Waals surface area (Å²) in [5.41, 5.74) is 7.41. The summed E-state index contributed by atoms with van der Waals surface area (Å²) in [6.07, 6.45) is 1.25. The first-order valence-corrected chi connectivity index (χ1v) is 6.06. The highest BCUT2D eigenvalue weighted by Crippen LogP contribution is 2.30. The van der Waals surface area contributed by atoms with E-state index in [4.69, 9.17) is 26.9 Å². The van der Waals surface area contributed by atoms with Crippen LogP contribution in [0, 0.1) is 0 Å². The van der Waals surface area contributed by atoms with Crippen molar-refractivity contribution >= 4 is 29.8 Å². The number of nitrogens with one attached hydrogen (secondary N) is 1. The van der Waals surface area contributed by atoms with E-state index in [9.17, 15) is 9.59 Å². The zero-order chi connectivity index (χ0) is 15.4. The number of furan rings is 1. The lowest BCUT2D eigenvalue weighted by Crippen LogP contribution is -2.24. The predicted octanol–water partition coefficient (Wildman–Crippen LogP) is 2.30. The van der Waals surface area contributed by atoms with E-state index in [1.165, 1.54) is 24.4 Å². The van der Waals surface area contributed by atoms with E-state index in [2.05, 4.69) is 5.10 Å². The quantitative estimate of drug-likeness (QED) is 0.593. The number of rotatable bonds is 4. The molecule has 0 saturated carbocycles. The topological polar surface area (TPSA) is 118 Å². The number of amides is 2. The lowest BCUT2D eigenvalue weighted by Gasteiger charge is -2.02. The van der Waals surface area contributed by atoms with Gasteiger partial charge in [-0.05, 0) is 30.3 Å². The number of carbonyl (C=O) groups excluding carboxylic acids is 1. The summed E-state index contributed by atoms with van der Waals surface area (Å²) in [5.74, 6) is -0.342. The van der Waals surface area contributed by atoms with E-state index in [1.807, 2.05) is 5.43 Å². The number of benzene rings is 1. The average Bonchev–Trinajstić information content (AvgIpc) is 2.87. The molecule has 0 unspecified atom stereocenters. The molecule has 1 heterocycles. The second-order valence-electron chi connectivity index (χ2n) is 3.94. The number of hydrogen-bond donors (Lipinski definition) is 3. The Bertz CT molecular complexity index is 724. The smallest absolute Gasteiger partial charge is 0.335 e. The number of urea groups is 1. The molecule has 2 rings (SSSR count). The Morgan fingerprint density at radius 1 is 1.33 bits per heavy atom. The molecule has 4 N–H and O–H groups in total. The zero-order valence-electron chi connectivity index (χ0n) is 10.5. The third kappa shape index (κ3) is 3.61. The predicted molar refractivity (Wildman–Crippen MR) is 76.4 cm³/mol. The molecule has 21 heavy (non-hydrogen) atoms. The monoisotopic (exact) mass is 307 g/mol. The van der Waals surface area contributed by atoms with Crippen LogP contribution < -0.4 is 11.2 Å². The molecule has 108 valence electrons. The van der Waals surface area contributed by atoms with E-state index < -0.39 is 12.0 Å². The van der Waals surface area contributed by atoms with Crippen LogP contribution in [0.1, 0.15) is 16.1 Å². The van der Waals surface area contributed by atoms with Crippen molar-refractivity contribution in [1.82, 2.24) is 5.43 Å². The van der Waals surface area contributed by atoms with Gasteiger partial charge in [0.1, 0.15) is 11.5 Å². The van der Waals surface area contributed by atoms with E-state index in [0.717, 1.165) is 0 Å². The average molecular weight is 308 g/mol. The molecule has 0 aliphatic carbocycles. The van der Waals surface area contributed by atoms with Gasteiger partial charge in [-0.25, -0.2) is 15.0 Å². The van der Waals surface area contributed by atoms with Crippen molar-refractivity contribution < 1.29 is 19.1 Å². The van der Waals surface area contributed by atoms with Gasteiger partial charge in [0.25, 0.3) is 0 Å². The van der Waals surface area contributed by atoms with Gasteiger partial charge in [-0.15, -0.1) is 0 Å². The van der Waals surface area contributed by atoms with Gasteiger partial charge >= 0.3 is 12.0 Å². The second-order valence-corrected chi connectivity index (χ2v) is 4.34. The summed E-state index contributed by atoms with van der Waals surface area (Å²) in [6, 6.07) is 6.69. The van der Waals surface area contributed by atoms with Gasteiger partial charge < -0.3 is 15.3 Å². The summed E-state index contributed by atoms with van der Waals surface area (Å²) in [7, 11) is 0. The Labute approximate surface area is 124 Å². The van der Waals surface area contributed by atoms with Crippen molar-refractivity contribution in [3.63, 3.8) is 0 Å². The molecule has 0 fully saturated rings. The SMILES string of the molecule is NC(=O)N/N=C/c1ccc(-c2cc(C(=O)O)ccc2Cl)o1. The van der Waals surface area contributed by atoms with Gasteiger partial charge in [-0.2, -0.15) is 5.10 Å². The van der Waals surface area contributed by atoms with Crippen molar-refractivity contribution in [2.45, 2.75) is 0 Å². The number of halogens is 1. The van der Waals surface area contributed by atoms with E-state index in [-0.39, 0.29) is 5.56 Å². The number of carboxylic acids is 1. The molecule has 1 aromatic carbocycles. The Balaban J connectivity index is 2.29. The normalized spacial score (nSPS) is 10.7. The molecule has 2 amide bonds. The van der Waals surface area contributed by atoms with Crippen molar-refractivity contribution in [1.29, 1.82) is 0 Å². The fourth-order valence-corrected chi connectivity index (χ4v) is 1.78. The van der Waals surface area contributed by atoms with Crippen LogP contribution in [0.25, 0.3) is 11.3 Å². The van der Waals surface area contributed by atoms with Gasteiger partial charge in [0.2, 0.25) is 0 Å². The van der Waals surface area contributed by atoms with Crippen molar-refractivity contribution in [3.05, 3.63) is 46.7 Å². The summed E-state index contributed by atoms with van der Waals surface area (Å²) >= 11 is 6.03. The molecule has 7 nitrogen and oxygen atoms in total. The molecule has 1 aromatic heterocycles. The molecule has 0 bridgehead atoms. The molecular formula is C13H10ClN3O4. The first kappa shape index (κ1) is 14.6. The Hall–Kier alpha value is -2.80. The molecular weight excluding hydrogens is 298 g/mol. The van der Waals surface area contributed by atoms with Crippen molar-refractivity contribution in [3.8, 4) is 11.3 Å². The number of carbonyl (C=O) groups is 2. The highest BCUT2D eigenvalue weighted by Gasteiger charge is 2.12. The lowest BCUT2D eigenvalue weighted by molar-refractivity contribution is 0.0697. The van der Waals surface area contributed by atoms with Gasteiger partial charge in [-0.3, -0.25) is 0 Å². The molecule has 0 aliphatic rings. The summed E-state index contributed by atoms with van der Waals surface area (Å²) < 4.78 is 5.45. The third-order valence-corrected chi connectivity index (χ3v) is 2.80. The number of carboxylic acid groups (broad SMARTS) is 1. The minimum Gasteiger partial charge on any atom is -0.478 e. The Kier molecular flexibility index (Phi) is 4.24. The van der Waals surface area contributed by atoms with E-state index in [1.54, 1.807) is 12.1 Å². The number of nitrogens with zero attached hydrogens (tertiary/aromatic N) is 1. The third-order valence-electron chi connectivity index (χ3n) is 2.47. The number of hydrogen-bond acceptors (Lipinski definition) is 4. The molecule has 0 aliphatic heterocycles. The molecule has 0 saturated heterocycles. The van der Waals surface area contributed by atoms with Gasteiger partial charge in [-0.1, -0.05) is 11.6 Å². The highest BCUT2D eigenvalue weighted by molar-refractivity contribution is 6.33. The summed E-state index contributed by atoms with van der Waals surface area (Å²) in [5, 5.41) is 12.9. The van der Waals surface area contributed by atoms with Gasteiger partial charge in [0.15, 0.2) is 0 Å². The number of hydrazone groups is 1. The maximum atomic E-state index is 11.0. The van der Waals surface area contributed by atoms with Crippen LogP contribution in [0.5, 0.6) is 0 Å². The molecule has 0 radical (unpaired) electrons. The molecule has 8 heteroatoms. The minimum absolute atomic E-state index is 0.0939. The van der Waals surface area contributed by atoms with Crippen LogP contribution in [0.15, 0.2) is 39.9 Å². The molecule has 2 aromatic rings. The molecule has 0 atom stereocenters. The maximum absolute atomic E-state index is 11.0. The van der Waals surface area contributed by atoms with Gasteiger partial charge in [0, 0.05) is 5.56 Å². The second kappa shape index (κ2) is 6.10. The Morgan fingerprint density at radius 2 is 2.10 bits per heavy atom. The van der Waals surface area contributed by atoms with Crippen LogP contribution in [0.2, 0.25) is 5.02 Å². The lowest BCUT2D eigenvalue weighted by atomic mass is 10.1. The number of primary amides is 1. The highest BCUT2D eigenvalue weighted by atomic mass is 35.5. The number of aromatic carboxylic acids is 1. The minimum atomic E-state index is -1.06. The van der Waals surface area contributed by atoms with E-state index >= 15 is 0 Å². The first-order valence-electron chi connectivity index (χ1n) is 5.69. The Morgan fingerprint density at radius 3 is 2.76 bits per heavy atom. The van der Waals surface area contributed by atoms with Crippen LogP contribution in [0.3, 0.4) is 0 Å². The number of nitrogens with two attached hydrogens (primary N) is 1. The fraction of sp³-hybridized carbons (Fsp3) is 0. The van der Waals surface area contributed by atoms with Crippen molar-refractivity contribution in [2.75, 3.05) is 0 Å². The first-order chi connectivity index (χ1) is 9.97. The summed E-state index contributed by atoms with van der Waals surface area (Å²) in [6.45, 7) is 0. The fourth-order valence-electron chi connectivity index (χ4n) is 1.57. The molecule has 0 spiro atoms. The van der Waals surface area contributed by atoms with E-state index in [0.29, 0.717) is 22.1 Å². The van der Waals surface area contributed by atoms with Crippen LogP contribution in [-0.4, -0.2) is 23.3 Å². The van der Waals surface area contributed by atoms with Crippen molar-refractivity contribution in [2.24, 2.45) is 10.8 Å². The standard InChI is InChI=1S/C13H10ClN3O4/c14-10-3-1-7(12(18)19)5-9(10)11-4-2-8(21-11)6-16-17-13(15)20/h1-6H,(H,18,19)(H3,15,17,20)/b16-6+. The van der Waals surface area contributed by atoms with Crippen LogP contribution >= 0.6 is 11.6 Å². The zero-order valence-corrected chi connectivity index (χ0v) is 11.3. The maximum Gasteiger partial charge on any atom is 0.335 e. The van der Waals surface area contributed by atoms with Crippen LogP contribution in [0.4, 0.5) is 4.79 Å². The largest absolute Gasteiger partial charge is 0.478 e. The van der Waals surface area contributed by atoms with Gasteiger partial charge in [0.05, 0.1) is 16.8 Å². The summed E-state index contributed by atoms with van der Waals surface area (Å²) in [4.78, 5) is 21.4. The van der Waals surface area contributed by atoms with Crippen LogP contribution in [-0.2, 0) is 0 Å².